The van der Waals surface area contributed by atoms with Gasteiger partial charge in [-0.15, -0.1) is 10.2 Å². The molecule has 6 nitrogen and oxygen atoms in total. The first kappa shape index (κ1) is 14.2. The number of hydrogen-bond donors (Lipinski definition) is 2. The third kappa shape index (κ3) is 3.63. The molecule has 1 aromatic rings. The minimum Gasteiger partial charge on any atom is -0.360 e. The van der Waals surface area contributed by atoms with Crippen LogP contribution in [0.1, 0.15) is 31.2 Å². The number of piperidine rings is 1. The van der Waals surface area contributed by atoms with Gasteiger partial charge >= 0.3 is 0 Å². The fourth-order valence-corrected chi connectivity index (χ4v) is 3.19. The molecule has 106 valence electrons. The van der Waals surface area contributed by atoms with E-state index in [4.69, 9.17) is 0 Å². The van der Waals surface area contributed by atoms with E-state index in [1.54, 1.807) is 18.4 Å². The van der Waals surface area contributed by atoms with Crippen molar-refractivity contribution in [3.63, 3.8) is 0 Å². The number of nitrogens with one attached hydrogen (secondary N) is 2. The van der Waals surface area contributed by atoms with Crippen molar-refractivity contribution in [2.24, 2.45) is 0 Å². The Hall–Kier alpha value is -1.21. The van der Waals surface area contributed by atoms with Crippen LogP contribution >= 0.6 is 11.3 Å². The fourth-order valence-electron chi connectivity index (χ4n) is 2.36. The Morgan fingerprint density at radius 2 is 2.32 bits per heavy atom. The number of aromatic nitrogens is 2. The molecular weight excluding hydrogens is 262 g/mol. The van der Waals surface area contributed by atoms with Gasteiger partial charge in [0, 0.05) is 13.6 Å². The number of likely N-dealkylation sites (tertiary alicyclic amines) is 1. The molecule has 1 atom stereocenters. The van der Waals surface area contributed by atoms with Gasteiger partial charge < -0.3 is 10.6 Å². The lowest BCUT2D eigenvalue weighted by Crippen LogP contribution is -2.48. The Labute approximate surface area is 117 Å². The molecule has 0 aliphatic carbocycles. The summed E-state index contributed by atoms with van der Waals surface area (Å²) in [6, 6.07) is -0.0229. The molecule has 1 saturated heterocycles. The average Bonchev–Trinajstić information content (AvgIpc) is 2.86. The summed E-state index contributed by atoms with van der Waals surface area (Å²) < 4.78 is 0. The molecule has 2 rings (SSSR count). The van der Waals surface area contributed by atoms with Gasteiger partial charge in [0.2, 0.25) is 11.0 Å². The van der Waals surface area contributed by atoms with E-state index < -0.39 is 0 Å². The van der Waals surface area contributed by atoms with Crippen molar-refractivity contribution in [1.29, 1.82) is 0 Å². The fraction of sp³-hybridized carbons (Fsp3) is 0.750. The number of anilines is 1. The number of hydrogen-bond acceptors (Lipinski definition) is 6. The van der Waals surface area contributed by atoms with Gasteiger partial charge in [0.1, 0.15) is 5.01 Å². The zero-order chi connectivity index (χ0) is 13.7. The van der Waals surface area contributed by atoms with Gasteiger partial charge in [-0.25, -0.2) is 0 Å². The molecule has 1 unspecified atom stereocenters. The van der Waals surface area contributed by atoms with Crippen molar-refractivity contribution >= 4 is 22.4 Å². The summed E-state index contributed by atoms with van der Waals surface area (Å²) in [4.78, 5) is 14.1. The molecule has 1 aliphatic heterocycles. The minimum atomic E-state index is -0.0229. The van der Waals surface area contributed by atoms with Crippen LogP contribution in [0, 0.1) is 0 Å². The molecular formula is C12H21N5OS. The number of nitrogens with zero attached hydrogens (tertiary/aromatic N) is 3. The molecule has 2 N–H and O–H groups in total. The van der Waals surface area contributed by atoms with Crippen LogP contribution in [-0.2, 0) is 11.3 Å². The second-order valence-electron chi connectivity index (χ2n) is 4.63. The Kier molecular flexibility index (Phi) is 5.09. The van der Waals surface area contributed by atoms with Crippen molar-refractivity contribution in [2.45, 2.75) is 38.8 Å². The highest BCUT2D eigenvalue weighted by molar-refractivity contribution is 7.15. The average molecular weight is 283 g/mol. The predicted octanol–water partition coefficient (Wildman–Crippen LogP) is 1.07. The van der Waals surface area contributed by atoms with E-state index in [1.807, 2.05) is 6.92 Å². The van der Waals surface area contributed by atoms with Crippen LogP contribution in [-0.4, -0.2) is 47.2 Å². The van der Waals surface area contributed by atoms with Gasteiger partial charge in [0.25, 0.3) is 0 Å². The number of rotatable bonds is 5. The van der Waals surface area contributed by atoms with Crippen molar-refractivity contribution in [3.05, 3.63) is 5.01 Å². The summed E-state index contributed by atoms with van der Waals surface area (Å²) in [5, 5.41) is 16.0. The topological polar surface area (TPSA) is 70.2 Å². The largest absolute Gasteiger partial charge is 0.360 e. The third-order valence-electron chi connectivity index (χ3n) is 3.30. The lowest BCUT2D eigenvalue weighted by atomic mass is 10.0. The maximum atomic E-state index is 11.9. The highest BCUT2D eigenvalue weighted by Gasteiger charge is 2.28. The molecule has 1 aromatic heterocycles. The SMILES string of the molecule is CCNc1nnc(CN2CCCCC2C(=O)NC)s1. The molecule has 7 heteroatoms. The first-order valence-electron chi connectivity index (χ1n) is 6.76. The van der Waals surface area contributed by atoms with Gasteiger partial charge in [0.05, 0.1) is 12.6 Å². The summed E-state index contributed by atoms with van der Waals surface area (Å²) in [5.74, 6) is 0.108. The molecule has 0 aromatic carbocycles. The van der Waals surface area contributed by atoms with Crippen LogP contribution in [0.15, 0.2) is 0 Å². The maximum Gasteiger partial charge on any atom is 0.237 e. The van der Waals surface area contributed by atoms with Crippen LogP contribution < -0.4 is 10.6 Å². The van der Waals surface area contributed by atoms with Gasteiger partial charge in [-0.2, -0.15) is 0 Å². The number of carbonyl (C=O) groups excluding carboxylic acids is 1. The molecule has 2 heterocycles. The van der Waals surface area contributed by atoms with E-state index in [0.29, 0.717) is 6.54 Å². The lowest BCUT2D eigenvalue weighted by Gasteiger charge is -2.33. The Balaban J connectivity index is 2.00. The maximum absolute atomic E-state index is 11.9. The van der Waals surface area contributed by atoms with Crippen LogP contribution in [0.2, 0.25) is 0 Å². The van der Waals surface area contributed by atoms with Crippen LogP contribution in [0.4, 0.5) is 5.13 Å². The van der Waals surface area contributed by atoms with E-state index >= 15 is 0 Å². The van der Waals surface area contributed by atoms with E-state index in [2.05, 4.69) is 25.7 Å². The highest BCUT2D eigenvalue weighted by atomic mass is 32.1. The zero-order valence-electron chi connectivity index (χ0n) is 11.5. The predicted molar refractivity (Wildman–Crippen MR) is 76.2 cm³/mol. The van der Waals surface area contributed by atoms with E-state index in [0.717, 1.165) is 42.5 Å². The van der Waals surface area contributed by atoms with Crippen LogP contribution in [0.25, 0.3) is 0 Å². The van der Waals surface area contributed by atoms with Gasteiger partial charge in [-0.1, -0.05) is 17.8 Å². The standard InChI is InChI=1S/C12H21N5OS/c1-3-14-12-16-15-10(19-12)8-17-7-5-4-6-9(17)11(18)13-2/h9H,3-8H2,1-2H3,(H,13,18)(H,14,16). The minimum absolute atomic E-state index is 0.0229. The van der Waals surface area contributed by atoms with Crippen LogP contribution in [0.3, 0.4) is 0 Å². The smallest absolute Gasteiger partial charge is 0.237 e. The highest BCUT2D eigenvalue weighted by Crippen LogP contribution is 2.22. The van der Waals surface area contributed by atoms with Gasteiger partial charge in [-0.05, 0) is 26.3 Å². The molecule has 1 fully saturated rings. The summed E-state index contributed by atoms with van der Waals surface area (Å²) in [7, 11) is 1.70. The van der Waals surface area contributed by atoms with Crippen molar-refractivity contribution in [3.8, 4) is 0 Å². The molecule has 0 saturated carbocycles. The van der Waals surface area contributed by atoms with E-state index in [9.17, 15) is 4.79 Å². The van der Waals surface area contributed by atoms with E-state index in [1.165, 1.54) is 0 Å². The van der Waals surface area contributed by atoms with Crippen LogP contribution in [0.5, 0.6) is 0 Å². The summed E-state index contributed by atoms with van der Waals surface area (Å²) in [6.45, 7) is 4.54. The van der Waals surface area contributed by atoms with Crippen molar-refractivity contribution in [1.82, 2.24) is 20.4 Å². The normalized spacial score (nSPS) is 20.2. The number of carbonyl (C=O) groups is 1. The van der Waals surface area contributed by atoms with Gasteiger partial charge in [-0.3, -0.25) is 9.69 Å². The molecule has 1 aliphatic rings. The second-order valence-corrected chi connectivity index (χ2v) is 5.69. The zero-order valence-corrected chi connectivity index (χ0v) is 12.3. The first-order valence-corrected chi connectivity index (χ1v) is 7.58. The molecule has 19 heavy (non-hydrogen) atoms. The summed E-state index contributed by atoms with van der Waals surface area (Å²) in [5.41, 5.74) is 0. The molecule has 1 amide bonds. The van der Waals surface area contributed by atoms with Crippen molar-refractivity contribution in [2.75, 3.05) is 25.5 Å². The van der Waals surface area contributed by atoms with Gasteiger partial charge in [0.15, 0.2) is 0 Å². The Bertz CT molecular complexity index is 422. The monoisotopic (exact) mass is 283 g/mol. The quantitative estimate of drug-likeness (QED) is 0.846. The number of likely N-dealkylation sites (N-methyl/N-ethyl adjacent to an activating group) is 1. The number of amides is 1. The first-order chi connectivity index (χ1) is 9.24. The lowest BCUT2D eigenvalue weighted by molar-refractivity contribution is -0.127. The third-order valence-corrected chi connectivity index (χ3v) is 4.16. The molecule has 0 radical (unpaired) electrons. The summed E-state index contributed by atoms with van der Waals surface area (Å²) in [6.07, 6.45) is 3.19. The second kappa shape index (κ2) is 6.81. The Morgan fingerprint density at radius 3 is 3.05 bits per heavy atom. The van der Waals surface area contributed by atoms with E-state index in [-0.39, 0.29) is 11.9 Å². The molecule has 0 bridgehead atoms. The van der Waals surface area contributed by atoms with Crippen molar-refractivity contribution < 1.29 is 4.79 Å². The Morgan fingerprint density at radius 1 is 1.47 bits per heavy atom. The molecule has 0 spiro atoms. The summed E-state index contributed by atoms with van der Waals surface area (Å²) >= 11 is 1.57.